The fraction of sp³-hybridized carbons (Fsp3) is 0.200. The van der Waals surface area contributed by atoms with E-state index in [0.29, 0.717) is 11.4 Å². The van der Waals surface area contributed by atoms with Gasteiger partial charge in [0.1, 0.15) is 11.4 Å². The number of hydrogen-bond acceptors (Lipinski definition) is 4. The van der Waals surface area contributed by atoms with Gasteiger partial charge in [0.25, 0.3) is 0 Å². The minimum Gasteiger partial charge on any atom is -0.433 e. The summed E-state index contributed by atoms with van der Waals surface area (Å²) in [4.78, 5) is 0. The van der Waals surface area contributed by atoms with Crippen molar-refractivity contribution in [3.05, 3.63) is 35.1 Å². The van der Waals surface area contributed by atoms with Gasteiger partial charge in [0.2, 0.25) is 0 Å². The maximum Gasteiger partial charge on any atom is 0.387 e. The predicted molar refractivity (Wildman–Crippen MR) is 58.9 cm³/mol. The van der Waals surface area contributed by atoms with E-state index < -0.39 is 6.61 Å². The van der Waals surface area contributed by atoms with Crippen molar-refractivity contribution >= 4 is 11.6 Å². The van der Waals surface area contributed by atoms with Crippen LogP contribution in [0.3, 0.4) is 0 Å². The first-order valence-corrected chi connectivity index (χ1v) is 5.25. The molecule has 0 aliphatic carbocycles. The molecule has 96 valence electrons. The first kappa shape index (κ1) is 12.7. The monoisotopic (exact) mass is 275 g/mol. The summed E-state index contributed by atoms with van der Waals surface area (Å²) in [6, 6.07) is 4.29. The van der Waals surface area contributed by atoms with E-state index in [-0.39, 0.29) is 17.4 Å². The largest absolute Gasteiger partial charge is 0.433 e. The first-order chi connectivity index (χ1) is 8.60. The number of halogens is 3. The zero-order valence-corrected chi connectivity index (χ0v) is 9.68. The summed E-state index contributed by atoms with van der Waals surface area (Å²) in [7, 11) is 0. The van der Waals surface area contributed by atoms with Gasteiger partial charge >= 0.3 is 6.61 Å². The lowest BCUT2D eigenvalue weighted by Gasteiger charge is -2.08. The van der Waals surface area contributed by atoms with E-state index >= 15 is 0 Å². The van der Waals surface area contributed by atoms with Gasteiger partial charge in [0.05, 0.1) is 23.5 Å². The van der Waals surface area contributed by atoms with Crippen LogP contribution in [0.4, 0.5) is 8.78 Å². The predicted octanol–water partition coefficient (Wildman–Crippen LogP) is 2.01. The van der Waals surface area contributed by atoms with Crippen molar-refractivity contribution in [1.82, 2.24) is 15.0 Å². The zero-order valence-electron chi connectivity index (χ0n) is 8.92. The third-order valence-electron chi connectivity index (χ3n) is 2.10. The average Bonchev–Trinajstić information content (AvgIpc) is 2.80. The molecule has 1 N–H and O–H groups in total. The molecule has 0 atom stereocenters. The molecule has 0 spiro atoms. The van der Waals surface area contributed by atoms with Crippen molar-refractivity contribution in [2.75, 3.05) is 0 Å². The number of benzene rings is 1. The Hall–Kier alpha value is -1.73. The minimum absolute atomic E-state index is 0.0709. The topological polar surface area (TPSA) is 60.2 Å². The summed E-state index contributed by atoms with van der Waals surface area (Å²) in [5.41, 5.74) is 0.809. The molecule has 0 radical (unpaired) electrons. The Morgan fingerprint density at radius 2 is 2.22 bits per heavy atom. The number of nitrogens with zero attached hydrogens (tertiary/aromatic N) is 3. The molecule has 2 aromatic rings. The number of aliphatic hydroxyl groups is 1. The summed E-state index contributed by atoms with van der Waals surface area (Å²) in [5.74, 6) is -0.148. The molecule has 0 bridgehead atoms. The summed E-state index contributed by atoms with van der Waals surface area (Å²) < 4.78 is 29.9. The lowest BCUT2D eigenvalue weighted by Crippen LogP contribution is -2.03. The van der Waals surface area contributed by atoms with Crippen LogP contribution >= 0.6 is 11.6 Å². The Morgan fingerprint density at radius 3 is 2.83 bits per heavy atom. The van der Waals surface area contributed by atoms with Crippen LogP contribution < -0.4 is 4.74 Å². The number of alkyl halides is 2. The maximum absolute atomic E-state index is 12.1. The second-order valence-electron chi connectivity index (χ2n) is 3.31. The number of rotatable bonds is 4. The molecular weight excluding hydrogens is 268 g/mol. The molecule has 18 heavy (non-hydrogen) atoms. The normalized spacial score (nSPS) is 10.9. The van der Waals surface area contributed by atoms with Crippen LogP contribution in [-0.2, 0) is 6.61 Å². The van der Waals surface area contributed by atoms with E-state index in [9.17, 15) is 8.78 Å². The summed E-state index contributed by atoms with van der Waals surface area (Å²) >= 11 is 5.72. The smallest absolute Gasteiger partial charge is 0.387 e. The van der Waals surface area contributed by atoms with Gasteiger partial charge in [-0.25, -0.2) is 4.68 Å². The number of aromatic nitrogens is 3. The van der Waals surface area contributed by atoms with E-state index in [4.69, 9.17) is 16.7 Å². The van der Waals surface area contributed by atoms with Crippen LogP contribution in [0.5, 0.6) is 5.75 Å². The van der Waals surface area contributed by atoms with Gasteiger partial charge in [-0.2, -0.15) is 8.78 Å². The van der Waals surface area contributed by atoms with E-state index in [2.05, 4.69) is 15.0 Å². The molecule has 0 unspecified atom stereocenters. The average molecular weight is 276 g/mol. The van der Waals surface area contributed by atoms with Crippen LogP contribution in [-0.4, -0.2) is 26.7 Å². The van der Waals surface area contributed by atoms with Crippen LogP contribution in [0.2, 0.25) is 5.02 Å². The lowest BCUT2D eigenvalue weighted by molar-refractivity contribution is -0.0497. The second-order valence-corrected chi connectivity index (χ2v) is 3.71. The van der Waals surface area contributed by atoms with Gasteiger partial charge in [-0.05, 0) is 12.1 Å². The molecular formula is C10H8ClF2N3O2. The Kier molecular flexibility index (Phi) is 3.73. The highest BCUT2D eigenvalue weighted by atomic mass is 35.5. The summed E-state index contributed by atoms with van der Waals surface area (Å²) in [5, 5.41) is 16.3. The molecule has 1 aromatic carbocycles. The maximum atomic E-state index is 12.1. The number of aliphatic hydroxyl groups excluding tert-OH is 1. The molecule has 0 amide bonds. The highest BCUT2D eigenvalue weighted by molar-refractivity contribution is 6.32. The van der Waals surface area contributed by atoms with Crippen LogP contribution in [0.15, 0.2) is 24.4 Å². The Bertz CT molecular complexity index is 548. The molecule has 0 fully saturated rings. The Labute approximate surface area is 106 Å². The number of ether oxygens (including phenoxy) is 1. The quantitative estimate of drug-likeness (QED) is 0.927. The highest BCUT2D eigenvalue weighted by Crippen LogP contribution is 2.28. The molecule has 0 saturated heterocycles. The summed E-state index contributed by atoms with van der Waals surface area (Å²) in [6.07, 6.45) is 1.47. The third kappa shape index (κ3) is 2.74. The van der Waals surface area contributed by atoms with Crippen molar-refractivity contribution in [2.45, 2.75) is 13.2 Å². The third-order valence-corrected chi connectivity index (χ3v) is 2.41. The Morgan fingerprint density at radius 1 is 1.44 bits per heavy atom. The molecule has 8 heteroatoms. The van der Waals surface area contributed by atoms with Crippen molar-refractivity contribution in [1.29, 1.82) is 0 Å². The molecule has 1 aromatic heterocycles. The van der Waals surface area contributed by atoms with Gasteiger partial charge in [0.15, 0.2) is 0 Å². The van der Waals surface area contributed by atoms with E-state index in [1.807, 2.05) is 0 Å². The summed E-state index contributed by atoms with van der Waals surface area (Å²) in [6.45, 7) is -3.21. The minimum atomic E-state index is -2.96. The fourth-order valence-corrected chi connectivity index (χ4v) is 1.48. The van der Waals surface area contributed by atoms with Crippen molar-refractivity contribution in [3.63, 3.8) is 0 Å². The van der Waals surface area contributed by atoms with Gasteiger partial charge in [-0.3, -0.25) is 0 Å². The van der Waals surface area contributed by atoms with E-state index in [1.165, 1.54) is 23.0 Å². The molecule has 1 heterocycles. The molecule has 0 saturated carbocycles. The van der Waals surface area contributed by atoms with E-state index in [0.717, 1.165) is 0 Å². The van der Waals surface area contributed by atoms with Gasteiger partial charge < -0.3 is 9.84 Å². The number of hydrogen-bond donors (Lipinski definition) is 1. The Balaban J connectivity index is 2.33. The first-order valence-electron chi connectivity index (χ1n) is 4.87. The molecule has 0 aliphatic heterocycles. The van der Waals surface area contributed by atoms with Crippen molar-refractivity contribution < 1.29 is 18.6 Å². The van der Waals surface area contributed by atoms with Crippen LogP contribution in [0, 0.1) is 0 Å². The van der Waals surface area contributed by atoms with Gasteiger partial charge in [0, 0.05) is 6.07 Å². The zero-order chi connectivity index (χ0) is 13.1. The highest BCUT2D eigenvalue weighted by Gasteiger charge is 2.11. The molecule has 2 rings (SSSR count). The van der Waals surface area contributed by atoms with Crippen molar-refractivity contribution in [3.8, 4) is 11.4 Å². The SMILES string of the molecule is OCc1cn(-c2ccc(Cl)c(OC(F)F)c2)nn1. The molecule has 5 nitrogen and oxygen atoms in total. The van der Waals surface area contributed by atoms with Crippen molar-refractivity contribution in [2.24, 2.45) is 0 Å². The second kappa shape index (κ2) is 5.28. The van der Waals surface area contributed by atoms with Crippen LogP contribution in [0.1, 0.15) is 5.69 Å². The fourth-order valence-electron chi connectivity index (χ4n) is 1.32. The van der Waals surface area contributed by atoms with Crippen LogP contribution in [0.25, 0.3) is 5.69 Å². The molecule has 0 aliphatic rings. The van der Waals surface area contributed by atoms with E-state index in [1.54, 1.807) is 6.07 Å². The van der Waals surface area contributed by atoms with Gasteiger partial charge in [-0.1, -0.05) is 16.8 Å². The standard InChI is InChI=1S/C10H8ClF2N3O2/c11-8-2-1-7(3-9(8)18-10(12)13)16-4-6(5-17)14-15-16/h1-4,10,17H,5H2. The van der Waals surface area contributed by atoms with Gasteiger partial charge in [-0.15, -0.1) is 5.10 Å². The lowest BCUT2D eigenvalue weighted by atomic mass is 10.3.